The number of imidazole rings is 1. The van der Waals surface area contributed by atoms with E-state index in [-0.39, 0.29) is 5.92 Å². The highest BCUT2D eigenvalue weighted by molar-refractivity contribution is 5.70. The minimum atomic E-state index is -0.650. The van der Waals surface area contributed by atoms with Gasteiger partial charge in [0.2, 0.25) is 0 Å². The van der Waals surface area contributed by atoms with E-state index in [1.807, 2.05) is 12.5 Å². The zero-order valence-corrected chi connectivity index (χ0v) is 11.7. The van der Waals surface area contributed by atoms with Gasteiger partial charge in [-0.3, -0.25) is 9.69 Å². The fraction of sp³-hybridized carbons (Fsp3) is 0.714. The van der Waals surface area contributed by atoms with E-state index < -0.39 is 5.97 Å². The molecule has 0 aliphatic carbocycles. The molecule has 2 heterocycles. The molecular formula is C14H23N3O2. The van der Waals surface area contributed by atoms with Gasteiger partial charge in [0, 0.05) is 25.3 Å². The number of likely N-dealkylation sites (tertiary alicyclic amines) is 1. The van der Waals surface area contributed by atoms with E-state index in [1.54, 1.807) is 0 Å². The van der Waals surface area contributed by atoms with Gasteiger partial charge in [-0.15, -0.1) is 0 Å². The van der Waals surface area contributed by atoms with E-state index in [9.17, 15) is 4.79 Å². The number of aromatic nitrogens is 2. The van der Waals surface area contributed by atoms with Gasteiger partial charge in [0.05, 0.1) is 17.9 Å². The molecule has 1 aromatic heterocycles. The van der Waals surface area contributed by atoms with Crippen molar-refractivity contribution in [1.29, 1.82) is 0 Å². The second-order valence-corrected chi connectivity index (χ2v) is 5.46. The van der Waals surface area contributed by atoms with Crippen LogP contribution in [0.5, 0.6) is 0 Å². The molecule has 1 aromatic rings. The van der Waals surface area contributed by atoms with E-state index in [4.69, 9.17) is 5.11 Å². The molecule has 1 aliphatic heterocycles. The summed E-state index contributed by atoms with van der Waals surface area (Å²) in [6.07, 6.45) is 6.40. The van der Waals surface area contributed by atoms with Gasteiger partial charge in [0.15, 0.2) is 0 Å². The first-order valence-corrected chi connectivity index (χ1v) is 7.07. The van der Waals surface area contributed by atoms with Gasteiger partial charge in [-0.2, -0.15) is 0 Å². The van der Waals surface area contributed by atoms with Crippen molar-refractivity contribution in [3.05, 3.63) is 18.2 Å². The number of carbonyl (C=O) groups is 1. The summed E-state index contributed by atoms with van der Waals surface area (Å²) < 4.78 is 2.19. The smallest absolute Gasteiger partial charge is 0.306 e. The lowest BCUT2D eigenvalue weighted by Gasteiger charge is -2.36. The molecule has 0 amide bonds. The average molecular weight is 265 g/mol. The highest BCUT2D eigenvalue weighted by atomic mass is 16.4. The second-order valence-electron chi connectivity index (χ2n) is 5.46. The van der Waals surface area contributed by atoms with Gasteiger partial charge in [0.25, 0.3) is 0 Å². The van der Waals surface area contributed by atoms with E-state index in [0.29, 0.717) is 6.04 Å². The van der Waals surface area contributed by atoms with Crippen LogP contribution in [-0.2, 0) is 17.9 Å². The lowest BCUT2D eigenvalue weighted by Crippen LogP contribution is -2.42. The van der Waals surface area contributed by atoms with Crippen LogP contribution in [0.3, 0.4) is 0 Å². The monoisotopic (exact) mass is 265 g/mol. The van der Waals surface area contributed by atoms with Crippen LogP contribution in [0.25, 0.3) is 0 Å². The van der Waals surface area contributed by atoms with Crippen molar-refractivity contribution in [2.45, 2.75) is 52.2 Å². The number of piperidine rings is 1. The van der Waals surface area contributed by atoms with Gasteiger partial charge < -0.3 is 9.67 Å². The van der Waals surface area contributed by atoms with Gasteiger partial charge >= 0.3 is 5.97 Å². The quantitative estimate of drug-likeness (QED) is 0.884. The van der Waals surface area contributed by atoms with Crippen LogP contribution in [0.15, 0.2) is 12.5 Å². The van der Waals surface area contributed by atoms with Crippen molar-refractivity contribution >= 4 is 5.97 Å². The van der Waals surface area contributed by atoms with Crippen LogP contribution in [0.1, 0.15) is 38.8 Å². The number of carboxylic acid groups (broad SMARTS) is 1. The second kappa shape index (κ2) is 6.19. The third-order valence-corrected chi connectivity index (χ3v) is 3.99. The molecule has 1 aliphatic rings. The lowest BCUT2D eigenvalue weighted by atomic mass is 9.91. The number of nitrogens with zero attached hydrogens (tertiary/aromatic N) is 3. The molecule has 0 aromatic carbocycles. The highest BCUT2D eigenvalue weighted by Crippen LogP contribution is 2.24. The van der Waals surface area contributed by atoms with E-state index in [1.165, 1.54) is 5.69 Å². The Morgan fingerprint density at radius 1 is 1.58 bits per heavy atom. The Bertz CT molecular complexity index is 430. The SMILES string of the molecule is CCCn1cncc1CN1CCC(C(=O)O)CC1C. The molecule has 5 heteroatoms. The summed E-state index contributed by atoms with van der Waals surface area (Å²) in [4.78, 5) is 17.6. The van der Waals surface area contributed by atoms with Crippen molar-refractivity contribution in [2.24, 2.45) is 5.92 Å². The summed E-state index contributed by atoms with van der Waals surface area (Å²) in [5, 5.41) is 9.08. The average Bonchev–Trinajstić information content (AvgIpc) is 2.79. The number of carboxylic acids is 1. The number of aliphatic carboxylic acids is 1. The maximum atomic E-state index is 11.0. The Kier molecular flexibility index (Phi) is 4.58. The van der Waals surface area contributed by atoms with Crippen LogP contribution in [0, 0.1) is 5.92 Å². The molecule has 1 N–H and O–H groups in total. The van der Waals surface area contributed by atoms with Crippen molar-refractivity contribution in [2.75, 3.05) is 6.54 Å². The molecule has 2 atom stereocenters. The van der Waals surface area contributed by atoms with Crippen LogP contribution < -0.4 is 0 Å². The fourth-order valence-corrected chi connectivity index (χ4v) is 2.81. The fourth-order valence-electron chi connectivity index (χ4n) is 2.81. The number of hydrogen-bond acceptors (Lipinski definition) is 3. The predicted molar refractivity (Wildman–Crippen MR) is 72.7 cm³/mol. The Balaban J connectivity index is 1.96. The zero-order valence-electron chi connectivity index (χ0n) is 11.7. The predicted octanol–water partition coefficient (Wildman–Crippen LogP) is 1.98. The van der Waals surface area contributed by atoms with Crippen molar-refractivity contribution < 1.29 is 9.90 Å². The molecule has 2 unspecified atom stereocenters. The van der Waals surface area contributed by atoms with Crippen molar-refractivity contribution in [3.63, 3.8) is 0 Å². The standard InChI is InChI=1S/C14H23N3O2/c1-3-5-17-10-15-8-13(17)9-16-6-4-12(14(18)19)7-11(16)2/h8,10-12H,3-7,9H2,1-2H3,(H,18,19). The molecule has 0 radical (unpaired) electrons. The number of rotatable bonds is 5. The Hall–Kier alpha value is -1.36. The van der Waals surface area contributed by atoms with Crippen LogP contribution in [0.4, 0.5) is 0 Å². The molecule has 0 saturated carbocycles. The molecule has 0 bridgehead atoms. The van der Waals surface area contributed by atoms with Crippen LogP contribution >= 0.6 is 0 Å². The largest absolute Gasteiger partial charge is 0.481 e. The minimum absolute atomic E-state index is 0.174. The highest BCUT2D eigenvalue weighted by Gasteiger charge is 2.29. The summed E-state index contributed by atoms with van der Waals surface area (Å²) in [7, 11) is 0. The van der Waals surface area contributed by atoms with Crippen LogP contribution in [-0.4, -0.2) is 38.1 Å². The van der Waals surface area contributed by atoms with Crippen LogP contribution in [0.2, 0.25) is 0 Å². The molecular weight excluding hydrogens is 242 g/mol. The normalized spacial score (nSPS) is 24.5. The molecule has 1 fully saturated rings. The topological polar surface area (TPSA) is 58.4 Å². The maximum Gasteiger partial charge on any atom is 0.306 e. The Morgan fingerprint density at radius 2 is 2.37 bits per heavy atom. The molecule has 0 spiro atoms. The minimum Gasteiger partial charge on any atom is -0.481 e. The third kappa shape index (κ3) is 3.35. The molecule has 106 valence electrons. The van der Waals surface area contributed by atoms with E-state index in [0.717, 1.165) is 38.9 Å². The Morgan fingerprint density at radius 3 is 3.00 bits per heavy atom. The summed E-state index contributed by atoms with van der Waals surface area (Å²) in [5.74, 6) is -0.825. The summed E-state index contributed by atoms with van der Waals surface area (Å²) in [6, 6.07) is 0.319. The van der Waals surface area contributed by atoms with Gasteiger partial charge in [-0.1, -0.05) is 6.92 Å². The first-order valence-electron chi connectivity index (χ1n) is 7.07. The zero-order chi connectivity index (χ0) is 13.8. The van der Waals surface area contributed by atoms with E-state index in [2.05, 4.69) is 28.3 Å². The van der Waals surface area contributed by atoms with Gasteiger partial charge in [-0.25, -0.2) is 4.98 Å². The first-order chi connectivity index (χ1) is 9.11. The number of aryl methyl sites for hydroxylation is 1. The van der Waals surface area contributed by atoms with Gasteiger partial charge in [0.1, 0.15) is 0 Å². The third-order valence-electron chi connectivity index (χ3n) is 3.99. The number of hydrogen-bond donors (Lipinski definition) is 1. The summed E-state index contributed by atoms with van der Waals surface area (Å²) in [5.41, 5.74) is 1.22. The Labute approximate surface area is 114 Å². The molecule has 1 saturated heterocycles. The van der Waals surface area contributed by atoms with E-state index >= 15 is 0 Å². The summed E-state index contributed by atoms with van der Waals surface area (Å²) in [6.45, 7) is 7.00. The molecule has 19 heavy (non-hydrogen) atoms. The maximum absolute atomic E-state index is 11.0. The first kappa shape index (κ1) is 14.1. The molecule has 2 rings (SSSR count). The lowest BCUT2D eigenvalue weighted by molar-refractivity contribution is -0.144. The summed E-state index contributed by atoms with van der Waals surface area (Å²) >= 11 is 0. The van der Waals surface area contributed by atoms with Gasteiger partial charge in [-0.05, 0) is 32.7 Å². The van der Waals surface area contributed by atoms with Crippen molar-refractivity contribution in [3.8, 4) is 0 Å². The van der Waals surface area contributed by atoms with Crippen molar-refractivity contribution in [1.82, 2.24) is 14.5 Å². The molecule has 5 nitrogen and oxygen atoms in total.